The zero-order valence-corrected chi connectivity index (χ0v) is 13.3. The Morgan fingerprint density at radius 1 is 1.24 bits per heavy atom. The van der Waals surface area contributed by atoms with E-state index in [9.17, 15) is 14.5 Å². The number of halogens is 2. The van der Waals surface area contributed by atoms with E-state index in [-0.39, 0.29) is 11.5 Å². The van der Waals surface area contributed by atoms with Crippen LogP contribution in [0.5, 0.6) is 0 Å². The number of allylic oxidation sites excluding steroid dienone is 1. The molecule has 0 aliphatic carbocycles. The SMILES string of the molecule is O=[N+]([O-])c1cccc(CC/C(=C\I)c2ccc(F)cc2)c1. The van der Waals surface area contributed by atoms with E-state index >= 15 is 0 Å². The van der Waals surface area contributed by atoms with Crippen LogP contribution in [-0.4, -0.2) is 4.92 Å². The van der Waals surface area contributed by atoms with Crippen molar-refractivity contribution >= 4 is 33.9 Å². The maximum Gasteiger partial charge on any atom is 0.269 e. The average molecular weight is 397 g/mol. The van der Waals surface area contributed by atoms with Crippen LogP contribution in [0, 0.1) is 15.9 Å². The minimum atomic E-state index is -0.390. The topological polar surface area (TPSA) is 43.1 Å². The molecule has 0 aliphatic rings. The highest BCUT2D eigenvalue weighted by Gasteiger charge is 2.07. The summed E-state index contributed by atoms with van der Waals surface area (Å²) in [7, 11) is 0. The lowest BCUT2D eigenvalue weighted by Crippen LogP contribution is -1.92. The Bertz CT molecular complexity index is 668. The van der Waals surface area contributed by atoms with Crippen LogP contribution >= 0.6 is 22.6 Å². The second-order valence-electron chi connectivity index (χ2n) is 4.57. The summed E-state index contributed by atoms with van der Waals surface area (Å²) in [5.41, 5.74) is 3.08. The fraction of sp³-hybridized carbons (Fsp3) is 0.125. The predicted octanol–water partition coefficient (Wildman–Crippen LogP) is 5.14. The van der Waals surface area contributed by atoms with Gasteiger partial charge in [0.05, 0.1) is 4.92 Å². The van der Waals surface area contributed by atoms with Gasteiger partial charge in [-0.1, -0.05) is 46.9 Å². The van der Waals surface area contributed by atoms with E-state index in [0.29, 0.717) is 6.42 Å². The highest BCUT2D eigenvalue weighted by molar-refractivity contribution is 14.1. The molecule has 0 radical (unpaired) electrons. The molecular formula is C16H13FINO2. The van der Waals surface area contributed by atoms with Crippen molar-refractivity contribution in [2.45, 2.75) is 12.8 Å². The molecule has 0 bridgehead atoms. The lowest BCUT2D eigenvalue weighted by Gasteiger charge is -2.07. The summed E-state index contributed by atoms with van der Waals surface area (Å²) in [6.45, 7) is 0. The highest BCUT2D eigenvalue weighted by atomic mass is 127. The van der Waals surface area contributed by atoms with Gasteiger partial charge < -0.3 is 0 Å². The second-order valence-corrected chi connectivity index (χ2v) is 5.19. The number of nitro benzene ring substituents is 1. The Balaban J connectivity index is 2.09. The number of nitro groups is 1. The van der Waals surface area contributed by atoms with Crippen LogP contribution in [0.1, 0.15) is 17.5 Å². The number of nitrogens with zero attached hydrogens (tertiary/aromatic N) is 1. The number of non-ortho nitro benzene ring substituents is 1. The zero-order chi connectivity index (χ0) is 15.2. The maximum absolute atomic E-state index is 12.9. The third kappa shape index (κ3) is 4.35. The molecule has 0 aromatic heterocycles. The molecule has 0 atom stereocenters. The van der Waals surface area contributed by atoms with E-state index in [2.05, 4.69) is 22.6 Å². The normalized spacial score (nSPS) is 11.4. The largest absolute Gasteiger partial charge is 0.269 e. The van der Waals surface area contributed by atoms with Gasteiger partial charge in [0.2, 0.25) is 0 Å². The monoisotopic (exact) mass is 397 g/mol. The van der Waals surface area contributed by atoms with Crippen LogP contribution in [0.2, 0.25) is 0 Å². The van der Waals surface area contributed by atoms with Gasteiger partial charge in [-0.15, -0.1) is 0 Å². The van der Waals surface area contributed by atoms with Crippen molar-refractivity contribution in [2.24, 2.45) is 0 Å². The molecule has 0 aliphatic heterocycles. The van der Waals surface area contributed by atoms with Crippen LogP contribution in [-0.2, 0) is 6.42 Å². The molecule has 0 spiro atoms. The molecule has 0 unspecified atom stereocenters. The van der Waals surface area contributed by atoms with Gasteiger partial charge in [-0.3, -0.25) is 10.1 Å². The minimum absolute atomic E-state index is 0.106. The van der Waals surface area contributed by atoms with Gasteiger partial charge in [-0.2, -0.15) is 0 Å². The minimum Gasteiger partial charge on any atom is -0.258 e. The second kappa shape index (κ2) is 7.31. The van der Waals surface area contributed by atoms with Gasteiger partial charge in [0.25, 0.3) is 5.69 Å². The first-order valence-electron chi connectivity index (χ1n) is 6.38. The van der Waals surface area contributed by atoms with Crippen molar-refractivity contribution in [3.63, 3.8) is 0 Å². The first-order chi connectivity index (χ1) is 10.1. The van der Waals surface area contributed by atoms with Gasteiger partial charge in [0, 0.05) is 12.1 Å². The average Bonchev–Trinajstić information content (AvgIpc) is 2.50. The lowest BCUT2D eigenvalue weighted by molar-refractivity contribution is -0.384. The Labute approximate surface area is 135 Å². The third-order valence-electron chi connectivity index (χ3n) is 3.15. The molecule has 0 saturated heterocycles. The van der Waals surface area contributed by atoms with Gasteiger partial charge in [-0.25, -0.2) is 4.39 Å². The molecule has 2 aromatic carbocycles. The smallest absolute Gasteiger partial charge is 0.258 e. The number of hydrogen-bond donors (Lipinski definition) is 0. The molecule has 3 nitrogen and oxygen atoms in total. The van der Waals surface area contributed by atoms with Gasteiger partial charge >= 0.3 is 0 Å². The van der Waals surface area contributed by atoms with Crippen molar-refractivity contribution in [3.8, 4) is 0 Å². The maximum atomic E-state index is 12.9. The van der Waals surface area contributed by atoms with Crippen LogP contribution in [0.15, 0.2) is 52.6 Å². The molecule has 5 heteroatoms. The Kier molecular flexibility index (Phi) is 5.44. The first kappa shape index (κ1) is 15.6. The van der Waals surface area contributed by atoms with Crippen LogP contribution < -0.4 is 0 Å². The summed E-state index contributed by atoms with van der Waals surface area (Å²) >= 11 is 2.16. The molecular weight excluding hydrogens is 384 g/mol. The van der Waals surface area contributed by atoms with Gasteiger partial charge in [-0.05, 0) is 45.8 Å². The molecule has 108 valence electrons. The highest BCUT2D eigenvalue weighted by Crippen LogP contribution is 2.23. The molecule has 0 N–H and O–H groups in total. The Morgan fingerprint density at radius 2 is 1.95 bits per heavy atom. The summed E-state index contributed by atoms with van der Waals surface area (Å²) in [6.07, 6.45) is 1.45. The zero-order valence-electron chi connectivity index (χ0n) is 11.1. The van der Waals surface area contributed by atoms with Crippen LogP contribution in [0.3, 0.4) is 0 Å². The number of aryl methyl sites for hydroxylation is 1. The fourth-order valence-electron chi connectivity index (χ4n) is 2.03. The van der Waals surface area contributed by atoms with Crippen molar-refractivity contribution in [2.75, 3.05) is 0 Å². The molecule has 2 rings (SSSR count). The van der Waals surface area contributed by atoms with Crippen molar-refractivity contribution in [1.29, 1.82) is 0 Å². The van der Waals surface area contributed by atoms with E-state index in [0.717, 1.165) is 23.1 Å². The molecule has 2 aromatic rings. The predicted molar refractivity (Wildman–Crippen MR) is 89.8 cm³/mol. The van der Waals surface area contributed by atoms with E-state index < -0.39 is 4.92 Å². The van der Waals surface area contributed by atoms with Crippen LogP contribution in [0.25, 0.3) is 5.57 Å². The van der Waals surface area contributed by atoms with Crippen molar-refractivity contribution in [3.05, 3.63) is 79.7 Å². The quantitative estimate of drug-likeness (QED) is 0.398. The van der Waals surface area contributed by atoms with Gasteiger partial charge in [0.15, 0.2) is 0 Å². The summed E-state index contributed by atoms with van der Waals surface area (Å²) in [6, 6.07) is 13.0. The third-order valence-corrected chi connectivity index (χ3v) is 3.90. The summed E-state index contributed by atoms with van der Waals surface area (Å²) in [4.78, 5) is 10.4. The van der Waals surface area contributed by atoms with E-state index in [1.54, 1.807) is 24.3 Å². The van der Waals surface area contributed by atoms with Gasteiger partial charge in [0.1, 0.15) is 5.82 Å². The lowest BCUT2D eigenvalue weighted by atomic mass is 9.99. The Morgan fingerprint density at radius 3 is 2.57 bits per heavy atom. The summed E-state index contributed by atoms with van der Waals surface area (Å²) in [5, 5.41) is 10.8. The van der Waals surface area contributed by atoms with Crippen molar-refractivity contribution in [1.82, 2.24) is 0 Å². The Hall–Kier alpha value is -1.76. The van der Waals surface area contributed by atoms with E-state index in [4.69, 9.17) is 0 Å². The molecule has 0 heterocycles. The molecule has 21 heavy (non-hydrogen) atoms. The number of hydrogen-bond acceptors (Lipinski definition) is 2. The van der Waals surface area contributed by atoms with E-state index in [1.807, 2.05) is 10.1 Å². The molecule has 0 fully saturated rings. The number of benzene rings is 2. The van der Waals surface area contributed by atoms with Crippen LogP contribution in [0.4, 0.5) is 10.1 Å². The molecule has 0 amide bonds. The first-order valence-corrected chi connectivity index (χ1v) is 7.63. The number of rotatable bonds is 5. The summed E-state index contributed by atoms with van der Waals surface area (Å²) < 4.78 is 14.9. The standard InChI is InChI=1S/C16H13FINO2/c17-15-8-6-13(7-9-15)14(11-18)5-4-12-2-1-3-16(10-12)19(20)21/h1-3,6-11H,4-5H2/b14-11+. The summed E-state index contributed by atoms with van der Waals surface area (Å²) in [5.74, 6) is -0.259. The fourth-order valence-corrected chi connectivity index (χ4v) is 2.70. The van der Waals surface area contributed by atoms with E-state index in [1.165, 1.54) is 18.2 Å². The molecule has 0 saturated carbocycles. The van der Waals surface area contributed by atoms with Crippen molar-refractivity contribution < 1.29 is 9.31 Å².